The first-order valence-corrected chi connectivity index (χ1v) is 4.29. The van der Waals surface area contributed by atoms with E-state index in [9.17, 15) is 0 Å². The Morgan fingerprint density at radius 1 is 1.62 bits per heavy atom. The molecule has 1 aromatic heterocycles. The molecular formula is C10H14N2O. The maximum Gasteiger partial charge on any atom is 0.0891 e. The van der Waals surface area contributed by atoms with E-state index in [-0.39, 0.29) is 12.6 Å². The summed E-state index contributed by atoms with van der Waals surface area (Å²) in [7, 11) is 0. The van der Waals surface area contributed by atoms with E-state index >= 15 is 0 Å². The second-order valence-electron chi connectivity index (χ2n) is 2.95. The van der Waals surface area contributed by atoms with Crippen molar-refractivity contribution in [3.8, 4) is 0 Å². The summed E-state index contributed by atoms with van der Waals surface area (Å²) in [4.78, 5) is 8.45. The quantitative estimate of drug-likeness (QED) is 0.714. The highest BCUT2D eigenvalue weighted by Crippen LogP contribution is 2.12. The zero-order chi connectivity index (χ0) is 9.68. The number of aliphatic hydroxyl groups excluding tert-OH is 1. The fourth-order valence-electron chi connectivity index (χ4n) is 1.06. The summed E-state index contributed by atoms with van der Waals surface area (Å²) in [6.07, 6.45) is 1.75. The first kappa shape index (κ1) is 9.86. The summed E-state index contributed by atoms with van der Waals surface area (Å²) in [5.41, 5.74) is 1.66. The van der Waals surface area contributed by atoms with E-state index in [0.29, 0.717) is 0 Å². The van der Waals surface area contributed by atoms with Gasteiger partial charge in [-0.1, -0.05) is 6.07 Å². The Hall–Kier alpha value is -1.22. The fraction of sp³-hybridized carbons (Fsp3) is 0.400. The number of aromatic nitrogens is 1. The molecule has 0 radical (unpaired) electrons. The normalized spacial score (nSPS) is 14.2. The Morgan fingerprint density at radius 3 is 2.92 bits per heavy atom. The standard InChI is InChI=1S/C10H14N2O/c1-8(7-13)12-9(2)10-5-3-4-6-11-10/h3-6,9,13H,7H2,1-2H3. The molecule has 0 aliphatic heterocycles. The lowest BCUT2D eigenvalue weighted by Crippen LogP contribution is -2.02. The molecule has 1 N–H and O–H groups in total. The number of aliphatic hydroxyl groups is 1. The van der Waals surface area contributed by atoms with Crippen molar-refractivity contribution in [1.82, 2.24) is 4.98 Å². The van der Waals surface area contributed by atoms with Gasteiger partial charge in [0.2, 0.25) is 0 Å². The highest BCUT2D eigenvalue weighted by Gasteiger charge is 2.03. The van der Waals surface area contributed by atoms with Crippen LogP contribution < -0.4 is 0 Å². The number of aliphatic imine (C=N–C) groups is 1. The van der Waals surface area contributed by atoms with Gasteiger partial charge in [-0.15, -0.1) is 0 Å². The molecule has 0 spiro atoms. The average Bonchev–Trinajstić information content (AvgIpc) is 2.19. The van der Waals surface area contributed by atoms with E-state index in [1.165, 1.54) is 0 Å². The predicted molar refractivity (Wildman–Crippen MR) is 52.8 cm³/mol. The van der Waals surface area contributed by atoms with Crippen LogP contribution in [0.4, 0.5) is 0 Å². The molecule has 0 saturated carbocycles. The van der Waals surface area contributed by atoms with E-state index in [2.05, 4.69) is 9.98 Å². The van der Waals surface area contributed by atoms with Crippen LogP contribution in [0.1, 0.15) is 25.6 Å². The third-order valence-corrected chi connectivity index (χ3v) is 1.76. The second-order valence-corrected chi connectivity index (χ2v) is 2.95. The monoisotopic (exact) mass is 178 g/mol. The molecule has 1 heterocycles. The predicted octanol–water partition coefficient (Wildman–Crippen LogP) is 1.60. The minimum Gasteiger partial charge on any atom is -0.390 e. The van der Waals surface area contributed by atoms with Crippen molar-refractivity contribution in [2.24, 2.45) is 4.99 Å². The van der Waals surface area contributed by atoms with Crippen LogP contribution in [0.5, 0.6) is 0 Å². The zero-order valence-corrected chi connectivity index (χ0v) is 7.94. The van der Waals surface area contributed by atoms with Gasteiger partial charge in [0.25, 0.3) is 0 Å². The summed E-state index contributed by atoms with van der Waals surface area (Å²) in [5.74, 6) is 0. The van der Waals surface area contributed by atoms with Gasteiger partial charge in [-0.25, -0.2) is 0 Å². The van der Waals surface area contributed by atoms with Crippen LogP contribution in [-0.4, -0.2) is 22.4 Å². The minimum atomic E-state index is 0.0111. The molecule has 70 valence electrons. The van der Waals surface area contributed by atoms with Gasteiger partial charge >= 0.3 is 0 Å². The first-order chi connectivity index (χ1) is 6.24. The van der Waals surface area contributed by atoms with Crippen molar-refractivity contribution in [1.29, 1.82) is 0 Å². The molecule has 3 nitrogen and oxygen atoms in total. The smallest absolute Gasteiger partial charge is 0.0891 e. The van der Waals surface area contributed by atoms with Gasteiger partial charge in [0, 0.05) is 11.9 Å². The summed E-state index contributed by atoms with van der Waals surface area (Å²) >= 11 is 0. The molecule has 13 heavy (non-hydrogen) atoms. The van der Waals surface area contributed by atoms with Gasteiger partial charge in [0.1, 0.15) is 0 Å². The number of pyridine rings is 1. The number of hydrogen-bond acceptors (Lipinski definition) is 3. The highest BCUT2D eigenvalue weighted by molar-refractivity contribution is 5.83. The van der Waals surface area contributed by atoms with E-state index < -0.39 is 0 Å². The average molecular weight is 178 g/mol. The molecule has 3 heteroatoms. The molecule has 1 atom stereocenters. The van der Waals surface area contributed by atoms with E-state index in [1.54, 1.807) is 13.1 Å². The van der Waals surface area contributed by atoms with E-state index in [0.717, 1.165) is 11.4 Å². The summed E-state index contributed by atoms with van der Waals surface area (Å²) < 4.78 is 0. The molecule has 1 unspecified atom stereocenters. The van der Waals surface area contributed by atoms with Crippen molar-refractivity contribution in [2.45, 2.75) is 19.9 Å². The van der Waals surface area contributed by atoms with Crippen LogP contribution >= 0.6 is 0 Å². The van der Waals surface area contributed by atoms with Gasteiger partial charge in [-0.05, 0) is 26.0 Å². The van der Waals surface area contributed by atoms with Gasteiger partial charge in [-0.3, -0.25) is 9.98 Å². The zero-order valence-electron chi connectivity index (χ0n) is 7.94. The van der Waals surface area contributed by atoms with E-state index in [4.69, 9.17) is 5.11 Å². The lowest BCUT2D eigenvalue weighted by atomic mass is 10.2. The third-order valence-electron chi connectivity index (χ3n) is 1.76. The van der Waals surface area contributed by atoms with E-state index in [1.807, 2.05) is 25.1 Å². The van der Waals surface area contributed by atoms with Crippen molar-refractivity contribution in [3.63, 3.8) is 0 Å². The second kappa shape index (κ2) is 4.72. The topological polar surface area (TPSA) is 45.5 Å². The number of hydrogen-bond donors (Lipinski definition) is 1. The lowest BCUT2D eigenvalue weighted by molar-refractivity contribution is 0.356. The van der Waals surface area contributed by atoms with Crippen molar-refractivity contribution in [3.05, 3.63) is 30.1 Å². The third kappa shape index (κ3) is 2.95. The molecule has 0 aliphatic carbocycles. The van der Waals surface area contributed by atoms with Crippen LogP contribution in [0.15, 0.2) is 29.4 Å². The van der Waals surface area contributed by atoms with Crippen LogP contribution in [0.3, 0.4) is 0 Å². The Balaban J connectivity index is 2.75. The summed E-state index contributed by atoms with van der Waals surface area (Å²) in [6.45, 7) is 3.78. The van der Waals surface area contributed by atoms with Crippen molar-refractivity contribution in [2.75, 3.05) is 6.61 Å². The fourth-order valence-corrected chi connectivity index (χ4v) is 1.06. The maximum absolute atomic E-state index is 8.78. The maximum atomic E-state index is 8.78. The van der Waals surface area contributed by atoms with Gasteiger partial charge < -0.3 is 5.11 Å². The molecule has 1 rings (SSSR count). The molecule has 0 aliphatic rings. The molecule has 1 aromatic rings. The van der Waals surface area contributed by atoms with Crippen molar-refractivity contribution < 1.29 is 5.11 Å². The summed E-state index contributed by atoms with van der Waals surface area (Å²) in [5, 5.41) is 8.78. The Bertz CT molecular complexity index is 282. The Kier molecular flexibility index (Phi) is 3.58. The van der Waals surface area contributed by atoms with Gasteiger partial charge in [0.05, 0.1) is 18.3 Å². The first-order valence-electron chi connectivity index (χ1n) is 4.29. The lowest BCUT2D eigenvalue weighted by Gasteiger charge is -2.05. The molecular weight excluding hydrogens is 164 g/mol. The van der Waals surface area contributed by atoms with Crippen LogP contribution in [-0.2, 0) is 0 Å². The SMILES string of the molecule is CC(CO)=NC(C)c1ccccn1. The summed E-state index contributed by atoms with van der Waals surface area (Å²) in [6, 6.07) is 5.76. The minimum absolute atomic E-state index is 0.0111. The molecule has 0 aromatic carbocycles. The van der Waals surface area contributed by atoms with Crippen LogP contribution in [0, 0.1) is 0 Å². The largest absolute Gasteiger partial charge is 0.390 e. The highest BCUT2D eigenvalue weighted by atomic mass is 16.3. The molecule has 0 saturated heterocycles. The molecule has 0 fully saturated rings. The molecule has 0 bridgehead atoms. The number of rotatable bonds is 3. The number of nitrogens with zero attached hydrogens (tertiary/aromatic N) is 2. The Labute approximate surface area is 78.2 Å². The van der Waals surface area contributed by atoms with Crippen molar-refractivity contribution >= 4 is 5.71 Å². The van der Waals surface area contributed by atoms with Gasteiger partial charge in [0.15, 0.2) is 0 Å². The van der Waals surface area contributed by atoms with Crippen LogP contribution in [0.2, 0.25) is 0 Å². The van der Waals surface area contributed by atoms with Crippen LogP contribution in [0.25, 0.3) is 0 Å². The molecule has 0 amide bonds. The Morgan fingerprint density at radius 2 is 2.38 bits per heavy atom. The van der Waals surface area contributed by atoms with Gasteiger partial charge in [-0.2, -0.15) is 0 Å².